The Labute approximate surface area is 282 Å². The highest BCUT2D eigenvalue weighted by atomic mass is 32.2. The first-order chi connectivity index (χ1) is 22.9. The third-order valence-corrected chi connectivity index (χ3v) is 9.97. The summed E-state index contributed by atoms with van der Waals surface area (Å²) < 4.78 is 17.9. The number of nitrogens with one attached hydrogen (secondary N) is 2. The molecule has 5 rings (SSSR count). The van der Waals surface area contributed by atoms with Crippen LogP contribution in [0.2, 0.25) is 0 Å². The number of methoxy groups -OCH3 is 2. The lowest BCUT2D eigenvalue weighted by Gasteiger charge is -2.12. The van der Waals surface area contributed by atoms with E-state index >= 15 is 0 Å². The minimum atomic E-state index is -0.393. The van der Waals surface area contributed by atoms with Gasteiger partial charge in [0.25, 0.3) is 5.91 Å². The third-order valence-electron chi connectivity index (χ3n) is 7.80. The van der Waals surface area contributed by atoms with Gasteiger partial charge in [-0.1, -0.05) is 48.5 Å². The lowest BCUT2D eigenvalue weighted by Crippen LogP contribution is -2.25. The van der Waals surface area contributed by atoms with E-state index in [2.05, 4.69) is 20.8 Å². The lowest BCUT2D eigenvalue weighted by molar-refractivity contribution is -0.113. The number of ether oxygens (including phenoxy) is 3. The fourth-order valence-corrected chi connectivity index (χ4v) is 7.53. The molecule has 2 aromatic heterocycles. The largest absolute Gasteiger partial charge is 0.493 e. The number of rotatable bonds is 14. The topological polar surface area (TPSA) is 134 Å². The lowest BCUT2D eigenvalue weighted by atomic mass is 10.1. The number of carbonyl (C=O) groups is 3. The van der Waals surface area contributed by atoms with Crippen molar-refractivity contribution in [3.8, 4) is 11.5 Å². The minimum Gasteiger partial charge on any atom is -0.493 e. The normalized spacial score (nSPS) is 12.5. The zero-order chi connectivity index (χ0) is 33.2. The predicted octanol–water partition coefficient (Wildman–Crippen LogP) is 5.71. The molecule has 2 N–H and O–H groups in total. The second-order valence-corrected chi connectivity index (χ2v) is 12.9. The first-order valence-corrected chi connectivity index (χ1v) is 17.4. The van der Waals surface area contributed by atoms with E-state index in [9.17, 15) is 14.4 Å². The van der Waals surface area contributed by atoms with Crippen molar-refractivity contribution in [3.63, 3.8) is 0 Å². The molecule has 2 aromatic carbocycles. The average Bonchev–Trinajstić information content (AvgIpc) is 3.56. The van der Waals surface area contributed by atoms with Gasteiger partial charge in [-0.2, -0.15) is 0 Å². The Bertz CT molecular complexity index is 1700. The van der Waals surface area contributed by atoms with Crippen LogP contribution in [0.5, 0.6) is 11.5 Å². The van der Waals surface area contributed by atoms with Gasteiger partial charge in [0.05, 0.1) is 38.7 Å². The molecule has 1 aliphatic carbocycles. The maximum Gasteiger partial charge on any atom is 0.341 e. The van der Waals surface area contributed by atoms with Crippen molar-refractivity contribution in [1.82, 2.24) is 20.1 Å². The summed E-state index contributed by atoms with van der Waals surface area (Å²) in [5.74, 6) is 0.658. The Kier molecular flexibility index (Phi) is 11.9. The smallest absolute Gasteiger partial charge is 0.341 e. The van der Waals surface area contributed by atoms with Gasteiger partial charge < -0.3 is 29.4 Å². The molecular weight excluding hydrogens is 639 g/mol. The molecular formula is C34H39N5O6S2. The second kappa shape index (κ2) is 16.5. The molecule has 0 bridgehead atoms. The summed E-state index contributed by atoms with van der Waals surface area (Å²) in [6, 6.07) is 15.0. The maximum atomic E-state index is 13.3. The number of esters is 1. The van der Waals surface area contributed by atoms with Gasteiger partial charge in [-0.3, -0.25) is 9.59 Å². The molecule has 47 heavy (non-hydrogen) atoms. The van der Waals surface area contributed by atoms with E-state index in [0.717, 1.165) is 48.1 Å². The van der Waals surface area contributed by atoms with Crippen molar-refractivity contribution in [3.05, 3.63) is 81.5 Å². The van der Waals surface area contributed by atoms with Crippen LogP contribution in [0.25, 0.3) is 0 Å². The van der Waals surface area contributed by atoms with E-state index in [1.807, 2.05) is 34.9 Å². The molecule has 0 unspecified atom stereocenters. The fraction of sp³-hybridized carbons (Fsp3) is 0.382. The summed E-state index contributed by atoms with van der Waals surface area (Å²) >= 11 is 2.73. The van der Waals surface area contributed by atoms with Gasteiger partial charge in [0.1, 0.15) is 5.00 Å². The van der Waals surface area contributed by atoms with Crippen LogP contribution >= 0.6 is 23.1 Å². The van der Waals surface area contributed by atoms with Crippen molar-refractivity contribution < 1.29 is 28.6 Å². The number of amides is 2. The van der Waals surface area contributed by atoms with E-state index in [0.29, 0.717) is 51.6 Å². The van der Waals surface area contributed by atoms with Crippen molar-refractivity contribution in [2.45, 2.75) is 63.7 Å². The van der Waals surface area contributed by atoms with Crippen LogP contribution in [0, 0.1) is 0 Å². The van der Waals surface area contributed by atoms with Gasteiger partial charge in [-0.25, -0.2) is 4.79 Å². The predicted molar refractivity (Wildman–Crippen MR) is 182 cm³/mol. The summed E-state index contributed by atoms with van der Waals surface area (Å²) in [5, 5.41) is 15.8. The Morgan fingerprint density at radius 2 is 1.77 bits per heavy atom. The molecule has 1 aliphatic rings. The van der Waals surface area contributed by atoms with Crippen molar-refractivity contribution in [2.24, 2.45) is 0 Å². The second-order valence-electron chi connectivity index (χ2n) is 10.9. The number of benzene rings is 2. The number of fused-ring (bicyclic) bond motifs is 1. The molecule has 0 saturated carbocycles. The number of hydrogen-bond acceptors (Lipinski definition) is 10. The number of aryl methyl sites for hydroxylation is 2. The monoisotopic (exact) mass is 677 g/mol. The maximum absolute atomic E-state index is 13.3. The van der Waals surface area contributed by atoms with Crippen LogP contribution in [0.15, 0.2) is 53.7 Å². The van der Waals surface area contributed by atoms with E-state index in [4.69, 9.17) is 14.2 Å². The van der Waals surface area contributed by atoms with Gasteiger partial charge in [0.2, 0.25) is 5.91 Å². The zero-order valence-electron chi connectivity index (χ0n) is 26.8. The van der Waals surface area contributed by atoms with Gasteiger partial charge in [-0.15, -0.1) is 21.5 Å². The summed E-state index contributed by atoms with van der Waals surface area (Å²) in [7, 11) is 3.05. The zero-order valence-corrected chi connectivity index (χ0v) is 28.4. The molecule has 248 valence electrons. The van der Waals surface area contributed by atoms with Crippen LogP contribution in [-0.2, 0) is 41.9 Å². The first-order valence-electron chi connectivity index (χ1n) is 15.6. The summed E-state index contributed by atoms with van der Waals surface area (Å²) in [6.45, 7) is 2.72. The van der Waals surface area contributed by atoms with Gasteiger partial charge >= 0.3 is 5.97 Å². The molecule has 13 heteroatoms. The van der Waals surface area contributed by atoms with E-state index < -0.39 is 5.97 Å². The molecule has 2 heterocycles. The molecule has 2 amide bonds. The molecule has 4 aromatic rings. The number of anilines is 1. The number of hydrogen-bond donors (Lipinski definition) is 2. The Balaban J connectivity index is 1.29. The number of thioether (sulfide) groups is 1. The molecule has 0 saturated heterocycles. The van der Waals surface area contributed by atoms with E-state index in [1.54, 1.807) is 25.1 Å². The standard InChI is InChI=1S/C34H39N5O6S2/c1-4-45-33(42)30-24-13-9-6-10-14-27(24)47-32(30)36-29(40)21-46-34-38-37-28(39(34)18-17-22-11-7-5-8-12-22)20-35-31(41)23-15-16-25(43-2)26(19-23)44-3/h5,7-8,11-12,15-16,19H,4,6,9-10,13-14,17-18,20-21H2,1-3H3,(H,35,41)(H,36,40). The molecule has 0 fully saturated rings. The van der Waals surface area contributed by atoms with Crippen LogP contribution in [0.4, 0.5) is 5.00 Å². The average molecular weight is 678 g/mol. The number of aromatic nitrogens is 3. The van der Waals surface area contributed by atoms with Gasteiger partial charge in [0, 0.05) is 17.0 Å². The molecule has 0 aliphatic heterocycles. The highest BCUT2D eigenvalue weighted by Gasteiger charge is 2.27. The van der Waals surface area contributed by atoms with Crippen molar-refractivity contribution in [2.75, 3.05) is 31.9 Å². The Morgan fingerprint density at radius 3 is 2.53 bits per heavy atom. The Morgan fingerprint density at radius 1 is 0.979 bits per heavy atom. The van der Waals surface area contributed by atoms with Crippen molar-refractivity contribution >= 4 is 45.9 Å². The SMILES string of the molecule is CCOC(=O)c1c(NC(=O)CSc2nnc(CNC(=O)c3ccc(OC)c(OC)c3)n2CCc2ccccc2)sc2c1CCCCC2. The fourth-order valence-electron chi connectivity index (χ4n) is 5.45. The van der Waals surface area contributed by atoms with Crippen LogP contribution in [0.1, 0.15) is 68.7 Å². The quantitative estimate of drug-likeness (QED) is 0.0979. The first kappa shape index (κ1) is 34.0. The number of thiophene rings is 1. The van der Waals surface area contributed by atoms with Gasteiger partial charge in [-0.05, 0) is 68.4 Å². The summed E-state index contributed by atoms with van der Waals surface area (Å²) in [4.78, 5) is 40.4. The summed E-state index contributed by atoms with van der Waals surface area (Å²) in [6.07, 6.45) is 5.60. The highest BCUT2D eigenvalue weighted by molar-refractivity contribution is 7.99. The highest BCUT2D eigenvalue weighted by Crippen LogP contribution is 2.38. The molecule has 0 atom stereocenters. The number of nitrogens with zero attached hydrogens (tertiary/aromatic N) is 3. The Hall–Kier alpha value is -4.36. The third kappa shape index (κ3) is 8.52. The van der Waals surface area contributed by atoms with Crippen LogP contribution < -0.4 is 20.1 Å². The molecule has 0 spiro atoms. The summed E-state index contributed by atoms with van der Waals surface area (Å²) in [5.41, 5.74) is 3.05. The number of carbonyl (C=O) groups excluding carboxylic acids is 3. The van der Waals surface area contributed by atoms with E-state index in [-0.39, 0.29) is 30.7 Å². The molecule has 11 nitrogen and oxygen atoms in total. The minimum absolute atomic E-state index is 0.0618. The van der Waals surface area contributed by atoms with Crippen molar-refractivity contribution in [1.29, 1.82) is 0 Å². The van der Waals surface area contributed by atoms with Crippen LogP contribution in [0.3, 0.4) is 0 Å². The molecule has 0 radical (unpaired) electrons. The van der Waals surface area contributed by atoms with Gasteiger partial charge in [0.15, 0.2) is 22.5 Å². The van der Waals surface area contributed by atoms with Crippen LogP contribution in [-0.4, -0.2) is 59.1 Å². The van der Waals surface area contributed by atoms with E-state index in [1.165, 1.54) is 37.3 Å².